The summed E-state index contributed by atoms with van der Waals surface area (Å²) in [6, 6.07) is 4.72. The normalized spacial score (nSPS) is 17.9. The van der Waals surface area contributed by atoms with E-state index in [0.29, 0.717) is 39.0 Å². The summed E-state index contributed by atoms with van der Waals surface area (Å²) in [5, 5.41) is 31.6. The number of aliphatic hydroxyl groups is 1. The summed E-state index contributed by atoms with van der Waals surface area (Å²) in [4.78, 5) is 14.5. The molecule has 0 aromatic carbocycles. The number of Topliss-reactive ketones (excluding diaryl/α,β-unsaturated/α-hetero) is 1. The maximum Gasteiger partial charge on any atom is 0.183 e. The molecule has 4 aromatic heterocycles. The van der Waals surface area contributed by atoms with Crippen molar-refractivity contribution in [2.75, 3.05) is 26.4 Å². The lowest BCUT2D eigenvalue weighted by Crippen LogP contribution is -2.22. The second kappa shape index (κ2) is 26.7. The molecule has 4 aliphatic rings. The Balaban J connectivity index is 0.000000183. The van der Waals surface area contributed by atoms with E-state index in [2.05, 4.69) is 130 Å². The van der Waals surface area contributed by atoms with Crippen molar-refractivity contribution in [1.82, 2.24) is 39.1 Å². The number of carbonyl (C=O) groups excluding carboxylic acids is 1. The molecule has 0 saturated carbocycles. The Labute approximate surface area is 446 Å². The lowest BCUT2D eigenvalue weighted by Gasteiger charge is -2.15. The molecule has 0 spiro atoms. The van der Waals surface area contributed by atoms with Gasteiger partial charge in [-0.05, 0) is 119 Å². The number of ketones is 1. The van der Waals surface area contributed by atoms with Crippen molar-refractivity contribution in [3.05, 3.63) is 78.2 Å². The van der Waals surface area contributed by atoms with Gasteiger partial charge in [-0.1, -0.05) is 83.7 Å². The lowest BCUT2D eigenvalue weighted by molar-refractivity contribution is 0.0751. The topological polar surface area (TPSA) is 220 Å². The molecule has 3 N–H and O–H groups in total. The predicted octanol–water partition coefficient (Wildman–Crippen LogP) is 11.4. The predicted molar refractivity (Wildman–Crippen MR) is 306 cm³/mol. The van der Waals surface area contributed by atoms with Gasteiger partial charge in [-0.3, -0.25) is 4.79 Å². The van der Waals surface area contributed by atoms with Gasteiger partial charge >= 0.3 is 0 Å². The third-order valence-corrected chi connectivity index (χ3v) is 21.2. The van der Waals surface area contributed by atoms with Gasteiger partial charge in [0.25, 0.3) is 0 Å². The Morgan fingerprint density at radius 2 is 0.905 bits per heavy atom. The van der Waals surface area contributed by atoms with Gasteiger partial charge in [0.2, 0.25) is 0 Å². The molecule has 0 bridgehead atoms. The Morgan fingerprint density at radius 1 is 0.541 bits per heavy atom. The van der Waals surface area contributed by atoms with E-state index in [1.807, 2.05) is 25.7 Å². The summed E-state index contributed by atoms with van der Waals surface area (Å²) in [5.74, 6) is 0.175. The van der Waals surface area contributed by atoms with Crippen LogP contribution in [0.4, 0.5) is 0 Å². The minimum atomic E-state index is -1.04. The van der Waals surface area contributed by atoms with Crippen LogP contribution >= 0.6 is 0 Å². The van der Waals surface area contributed by atoms with E-state index < -0.39 is 32.3 Å². The Bertz CT molecular complexity index is 2440. The second-order valence-corrected chi connectivity index (χ2v) is 48.0. The number of rotatable bonds is 21. The van der Waals surface area contributed by atoms with E-state index in [1.165, 1.54) is 34.5 Å². The molecule has 4 heterocycles. The molecule has 0 saturated heterocycles. The first kappa shape index (κ1) is 61.3. The zero-order valence-electron chi connectivity index (χ0n) is 48.4. The van der Waals surface area contributed by atoms with Gasteiger partial charge in [0.15, 0.2) is 5.78 Å². The van der Waals surface area contributed by atoms with Crippen LogP contribution in [0.15, 0.2) is 5.11 Å². The molecule has 18 nitrogen and oxygen atoms in total. The summed E-state index contributed by atoms with van der Waals surface area (Å²) < 4.78 is 30.4. The van der Waals surface area contributed by atoms with E-state index in [9.17, 15) is 9.90 Å². The van der Waals surface area contributed by atoms with Gasteiger partial charge in [-0.25, -0.2) is 18.7 Å². The van der Waals surface area contributed by atoms with Crippen LogP contribution < -0.4 is 5.73 Å². The highest BCUT2D eigenvalue weighted by atomic mass is 28.3. The summed E-state index contributed by atoms with van der Waals surface area (Å²) in [7, 11) is -4.08. The number of ether oxygens (including phenoxy) is 4. The van der Waals surface area contributed by atoms with Crippen molar-refractivity contribution in [3.8, 4) is 0 Å². The Hall–Kier alpha value is -3.55. The monoisotopic (exact) mass is 1090 g/mol. The van der Waals surface area contributed by atoms with Crippen molar-refractivity contribution in [1.29, 1.82) is 0 Å². The van der Waals surface area contributed by atoms with Gasteiger partial charge in [-0.15, -0.1) is 0 Å². The van der Waals surface area contributed by atoms with Gasteiger partial charge in [0.1, 0.15) is 32.6 Å². The van der Waals surface area contributed by atoms with Crippen LogP contribution in [0.2, 0.25) is 103 Å². The SMILES string of the molecule is Cc1c2c(nn1COCC[Si](C)(C)C)C(=O)CC2.Cc1c2c(nn1COCC[Si](C)(C)C)[C@@H](O)CC2.Cc1c2c(nn1COCC[Si](C)(C)C)[C@H](N)CC2.Cc1c2c(nn1COCC[Si](C)(C)C)[C@H](N=[N+]=[N-])CC2. The fourth-order valence-corrected chi connectivity index (χ4v) is 12.1. The first-order chi connectivity index (χ1) is 34.6. The van der Waals surface area contributed by atoms with Crippen LogP contribution in [-0.2, 0) is 71.6 Å². The molecule has 0 fully saturated rings. The molecule has 0 radical (unpaired) electrons. The average molecular weight is 1100 g/mol. The van der Waals surface area contributed by atoms with E-state index >= 15 is 0 Å². The number of aromatic nitrogens is 8. The number of azide groups is 1. The minimum absolute atomic E-state index is 0.100. The van der Waals surface area contributed by atoms with Crippen LogP contribution in [0.3, 0.4) is 0 Å². The largest absolute Gasteiger partial charge is 0.387 e. The molecule has 3 atom stereocenters. The molecule has 0 unspecified atom stereocenters. The number of hydrogen-bond acceptors (Lipinski definition) is 12. The first-order valence-corrected chi connectivity index (χ1v) is 42.0. The molecule has 74 heavy (non-hydrogen) atoms. The van der Waals surface area contributed by atoms with Crippen molar-refractivity contribution in [3.63, 3.8) is 0 Å². The van der Waals surface area contributed by atoms with Gasteiger partial charge < -0.3 is 29.8 Å². The molecule has 22 heteroatoms. The summed E-state index contributed by atoms with van der Waals surface area (Å²) >= 11 is 0. The zero-order chi connectivity index (χ0) is 54.8. The van der Waals surface area contributed by atoms with Gasteiger partial charge in [-0.2, -0.15) is 20.4 Å². The highest BCUT2D eigenvalue weighted by molar-refractivity contribution is 6.77. The molecule has 8 rings (SSSR count). The number of aliphatic hydroxyl groups excluding tert-OH is 1. The van der Waals surface area contributed by atoms with Crippen LogP contribution in [0.1, 0.15) is 116 Å². The summed E-state index contributed by atoms with van der Waals surface area (Å²) in [6.45, 7) is 41.7. The quantitative estimate of drug-likeness (QED) is 0.0263. The highest BCUT2D eigenvalue weighted by Crippen LogP contribution is 2.36. The zero-order valence-corrected chi connectivity index (χ0v) is 52.4. The second-order valence-electron chi connectivity index (χ2n) is 25.5. The summed E-state index contributed by atoms with van der Waals surface area (Å²) in [6.07, 6.45) is 6.77. The summed E-state index contributed by atoms with van der Waals surface area (Å²) in [5.41, 5.74) is 27.7. The van der Waals surface area contributed by atoms with Crippen LogP contribution in [0.5, 0.6) is 0 Å². The fourth-order valence-electron chi connectivity index (χ4n) is 9.11. The number of nitrogens with two attached hydrogens (primary N) is 1. The Kier molecular flexibility index (Phi) is 22.1. The van der Waals surface area contributed by atoms with Crippen molar-refractivity contribution < 1.29 is 28.8 Å². The highest BCUT2D eigenvalue weighted by Gasteiger charge is 2.30. The third kappa shape index (κ3) is 18.0. The standard InChI is InChI=1S/C13H23N5OSi.C13H25N3OSi.C13H24N2O2Si.C13H22N2O2Si/c1-10-11-5-6-12(15-17-14)13(11)16-18(10)9-19-7-8-20(2,3)4;1-10-11-5-6-12(14)13(11)15-16(10)9-17-7-8-18(2,3)4;2*1-10-11-5-6-12(16)13(11)14-15(10)9-17-7-8-18(2,3)4/h12H,5-9H2,1-4H3;12H,5-9,14H2,1-4H3;12,16H,5-9H2,1-4H3;5-9H2,1-4H3/t3*12-;/m110./s1. The maximum atomic E-state index is 11.6. The smallest absolute Gasteiger partial charge is 0.183 e. The van der Waals surface area contributed by atoms with Crippen molar-refractivity contribution in [2.24, 2.45) is 10.8 Å². The number of carbonyl (C=O) groups is 1. The van der Waals surface area contributed by atoms with Crippen LogP contribution in [0.25, 0.3) is 10.4 Å². The third-order valence-electron chi connectivity index (χ3n) is 14.3. The van der Waals surface area contributed by atoms with Gasteiger partial charge in [0, 0.05) is 104 Å². The van der Waals surface area contributed by atoms with Crippen molar-refractivity contribution in [2.45, 2.75) is 227 Å². The molecule has 4 aromatic rings. The average Bonchev–Trinajstić information content (AvgIpc) is 4.20. The maximum absolute atomic E-state index is 11.6. The minimum Gasteiger partial charge on any atom is -0.387 e. The molecule has 4 aliphatic carbocycles. The first-order valence-electron chi connectivity index (χ1n) is 27.1. The lowest BCUT2D eigenvalue weighted by atomic mass is 10.2. The van der Waals surface area contributed by atoms with Crippen LogP contribution in [-0.4, -0.2) is 109 Å². The Morgan fingerprint density at radius 3 is 1.31 bits per heavy atom. The molecule has 0 aliphatic heterocycles. The molecule has 414 valence electrons. The van der Waals surface area contributed by atoms with E-state index in [0.717, 1.165) is 123 Å². The van der Waals surface area contributed by atoms with Crippen LogP contribution in [0, 0.1) is 27.7 Å². The van der Waals surface area contributed by atoms with E-state index in [-0.39, 0.29) is 24.0 Å². The number of hydrogen-bond donors (Lipinski definition) is 2. The number of nitrogens with zero attached hydrogens (tertiary/aromatic N) is 11. The van der Waals surface area contributed by atoms with E-state index in [4.69, 9.17) is 30.2 Å². The fraction of sp³-hybridized carbons (Fsp3) is 0.750. The molecular formula is C52H94N12O6Si4. The molecular weight excluding hydrogens is 1000 g/mol. The van der Waals surface area contributed by atoms with Crippen molar-refractivity contribution >= 4 is 38.1 Å². The molecule has 0 amide bonds. The van der Waals surface area contributed by atoms with Gasteiger partial charge in [0.05, 0.1) is 29.2 Å². The number of fused-ring (bicyclic) bond motifs is 4. The van der Waals surface area contributed by atoms with E-state index in [1.54, 1.807) is 0 Å².